The normalized spacial score (nSPS) is 32.0. The third-order valence-corrected chi connectivity index (χ3v) is 6.87. The van der Waals surface area contributed by atoms with Crippen LogP contribution in [0.15, 0.2) is 30.3 Å². The Kier molecular flexibility index (Phi) is 5.74. The van der Waals surface area contributed by atoms with Crippen LogP contribution in [0, 0.1) is 5.92 Å². The molecule has 0 radical (unpaired) electrons. The molecule has 1 aliphatic carbocycles. The minimum Gasteiger partial charge on any atom is -0.493 e. The Morgan fingerprint density at radius 2 is 1.67 bits per heavy atom. The fourth-order valence-electron chi connectivity index (χ4n) is 4.99. The highest BCUT2D eigenvalue weighted by Crippen LogP contribution is 2.54. The monoisotopic (exact) mass is 460 g/mol. The molecule has 0 amide bonds. The lowest BCUT2D eigenvalue weighted by atomic mass is 9.81. The summed E-state index contributed by atoms with van der Waals surface area (Å²) in [5.74, 6) is 2.45. The maximum Gasteiger partial charge on any atom is 0.164 e. The van der Waals surface area contributed by atoms with E-state index < -0.39 is 30.3 Å². The molecular weight excluding hydrogens is 432 g/mol. The Labute approximate surface area is 191 Å². The molecule has 9 nitrogen and oxygen atoms in total. The maximum absolute atomic E-state index is 10.3. The molecule has 7 atom stereocenters. The summed E-state index contributed by atoms with van der Waals surface area (Å²) in [4.78, 5) is 0. The van der Waals surface area contributed by atoms with Gasteiger partial charge in [-0.05, 0) is 24.6 Å². The van der Waals surface area contributed by atoms with E-state index >= 15 is 0 Å². The highest BCUT2D eigenvalue weighted by molar-refractivity contribution is 5.57. The van der Waals surface area contributed by atoms with Crippen LogP contribution in [0.3, 0.4) is 0 Å². The van der Waals surface area contributed by atoms with Crippen LogP contribution in [0.2, 0.25) is 0 Å². The fraction of sp³-hybridized carbons (Fsp3) is 0.500. The van der Waals surface area contributed by atoms with Gasteiger partial charge < -0.3 is 44.1 Å². The Morgan fingerprint density at radius 1 is 0.909 bits per heavy atom. The first-order chi connectivity index (χ1) is 15.9. The van der Waals surface area contributed by atoms with Gasteiger partial charge in [0.15, 0.2) is 11.5 Å². The van der Waals surface area contributed by atoms with Crippen molar-refractivity contribution in [2.75, 3.05) is 27.4 Å². The van der Waals surface area contributed by atoms with E-state index in [1.165, 1.54) is 0 Å². The topological polar surface area (TPSA) is 127 Å². The maximum atomic E-state index is 10.3. The second kappa shape index (κ2) is 8.57. The van der Waals surface area contributed by atoms with Gasteiger partial charge in [-0.3, -0.25) is 0 Å². The summed E-state index contributed by atoms with van der Waals surface area (Å²) >= 11 is 0. The summed E-state index contributed by atoms with van der Waals surface area (Å²) in [5.41, 5.74) is 1.87. The summed E-state index contributed by atoms with van der Waals surface area (Å²) in [6.07, 6.45) is -4.67. The third-order valence-electron chi connectivity index (χ3n) is 6.87. The molecule has 2 heterocycles. The summed E-state index contributed by atoms with van der Waals surface area (Å²) in [7, 11) is 3.18. The minimum atomic E-state index is -1.39. The van der Waals surface area contributed by atoms with Gasteiger partial charge in [0.25, 0.3) is 0 Å². The number of hydrogen-bond donors (Lipinski definition) is 4. The van der Waals surface area contributed by atoms with Crippen molar-refractivity contribution in [3.8, 4) is 28.7 Å². The predicted octanol–water partition coefficient (Wildman–Crippen LogP) is 1.16. The minimum absolute atomic E-state index is 0.00110. The van der Waals surface area contributed by atoms with E-state index in [0.717, 1.165) is 16.9 Å². The quantitative estimate of drug-likeness (QED) is 0.520. The molecule has 2 aromatic carbocycles. The number of methoxy groups -OCH3 is 2. The van der Waals surface area contributed by atoms with E-state index in [1.807, 2.05) is 18.2 Å². The van der Waals surface area contributed by atoms with Crippen molar-refractivity contribution in [2.45, 2.75) is 42.9 Å². The smallest absolute Gasteiger partial charge is 0.164 e. The largest absolute Gasteiger partial charge is 0.493 e. The number of aliphatic hydroxyl groups is 4. The van der Waals surface area contributed by atoms with E-state index in [4.69, 9.17) is 23.7 Å². The van der Waals surface area contributed by atoms with Crippen molar-refractivity contribution < 1.29 is 44.1 Å². The van der Waals surface area contributed by atoms with Crippen LogP contribution in [0.25, 0.3) is 0 Å². The molecule has 2 aliphatic heterocycles. The molecule has 0 unspecified atom stereocenters. The van der Waals surface area contributed by atoms with Gasteiger partial charge >= 0.3 is 0 Å². The zero-order valence-corrected chi connectivity index (χ0v) is 18.4. The molecule has 33 heavy (non-hydrogen) atoms. The molecule has 2 aromatic rings. The van der Waals surface area contributed by atoms with E-state index in [1.54, 1.807) is 26.4 Å². The van der Waals surface area contributed by atoms with Gasteiger partial charge in [0.05, 0.1) is 32.8 Å². The highest BCUT2D eigenvalue weighted by Gasteiger charge is 2.44. The molecule has 9 heteroatoms. The van der Waals surface area contributed by atoms with Crippen LogP contribution in [-0.2, 0) is 0 Å². The third kappa shape index (κ3) is 3.65. The molecule has 0 aromatic heterocycles. The van der Waals surface area contributed by atoms with Crippen LogP contribution < -0.4 is 23.7 Å². The Balaban J connectivity index is 1.37. The fourth-order valence-corrected chi connectivity index (χ4v) is 4.99. The second-order valence-corrected chi connectivity index (χ2v) is 8.71. The lowest BCUT2D eigenvalue weighted by Gasteiger charge is -2.39. The van der Waals surface area contributed by atoms with Crippen LogP contribution >= 0.6 is 0 Å². The summed E-state index contributed by atoms with van der Waals surface area (Å²) < 4.78 is 29.0. The van der Waals surface area contributed by atoms with Gasteiger partial charge in [0.2, 0.25) is 0 Å². The van der Waals surface area contributed by atoms with Gasteiger partial charge in [-0.25, -0.2) is 0 Å². The van der Waals surface area contributed by atoms with E-state index in [9.17, 15) is 20.4 Å². The zero-order chi connectivity index (χ0) is 23.3. The Hall–Kier alpha value is -2.72. The van der Waals surface area contributed by atoms with Crippen molar-refractivity contribution in [1.82, 2.24) is 0 Å². The molecule has 0 bridgehead atoms. The first kappa shape index (κ1) is 22.1. The molecule has 1 fully saturated rings. The number of hydrogen-bond acceptors (Lipinski definition) is 9. The molecule has 0 saturated heterocycles. The Morgan fingerprint density at radius 3 is 2.39 bits per heavy atom. The second-order valence-electron chi connectivity index (χ2n) is 8.71. The average Bonchev–Trinajstić information content (AvgIpc) is 3.21. The summed E-state index contributed by atoms with van der Waals surface area (Å²) in [6, 6.07) is 9.11. The number of ether oxygens (including phenoxy) is 5. The van der Waals surface area contributed by atoms with Gasteiger partial charge in [0, 0.05) is 35.8 Å². The number of fused-ring (bicyclic) bond motifs is 5. The zero-order valence-electron chi connectivity index (χ0n) is 18.4. The molecule has 1 saturated carbocycles. The van der Waals surface area contributed by atoms with Crippen LogP contribution in [0.1, 0.15) is 29.6 Å². The number of benzene rings is 2. The van der Waals surface area contributed by atoms with Crippen molar-refractivity contribution in [3.05, 3.63) is 41.5 Å². The number of rotatable bonds is 5. The standard InChI is InChI=1S/C24H28O9/c1-29-18-7-14-15-10-31-16-6-12(32-20-5-11(9-25)21(26)23(28)22(20)27)3-4-13(16)24(15)33-17(14)8-19(18)30-2/h3-4,6-8,11,15,20-28H,5,9-10H2,1-2H3/t11-,15+,20-,21-,22+,23+,24+/m1/s1. The van der Waals surface area contributed by atoms with Gasteiger partial charge in [-0.15, -0.1) is 0 Å². The predicted molar refractivity (Wildman–Crippen MR) is 115 cm³/mol. The lowest BCUT2D eigenvalue weighted by Crippen LogP contribution is -2.56. The van der Waals surface area contributed by atoms with Gasteiger partial charge in [-0.2, -0.15) is 0 Å². The van der Waals surface area contributed by atoms with Crippen LogP contribution in [-0.4, -0.2) is 72.3 Å². The number of aliphatic hydroxyl groups excluding tert-OH is 4. The van der Waals surface area contributed by atoms with Crippen LogP contribution in [0.4, 0.5) is 0 Å². The van der Waals surface area contributed by atoms with Crippen molar-refractivity contribution in [1.29, 1.82) is 0 Å². The molecule has 0 spiro atoms. The molecular formula is C24H28O9. The van der Waals surface area contributed by atoms with Crippen molar-refractivity contribution >= 4 is 0 Å². The lowest BCUT2D eigenvalue weighted by molar-refractivity contribution is -0.156. The van der Waals surface area contributed by atoms with Crippen molar-refractivity contribution in [3.63, 3.8) is 0 Å². The molecule has 4 N–H and O–H groups in total. The first-order valence-corrected chi connectivity index (χ1v) is 11.0. The van der Waals surface area contributed by atoms with E-state index in [0.29, 0.717) is 29.6 Å². The molecule has 3 aliphatic rings. The SMILES string of the molecule is COc1cc2c(cc1OC)[C@@H]1COc3cc(O[C@@H]4C[C@H](CO)[C@@H](O)[C@H](O)[C@H]4O)ccc3[C@@H]1O2. The molecule has 178 valence electrons. The summed E-state index contributed by atoms with van der Waals surface area (Å²) in [5, 5.41) is 39.9. The van der Waals surface area contributed by atoms with Crippen LogP contribution in [0.5, 0.6) is 28.7 Å². The van der Waals surface area contributed by atoms with Gasteiger partial charge in [0.1, 0.15) is 41.7 Å². The highest BCUT2D eigenvalue weighted by atomic mass is 16.5. The average molecular weight is 460 g/mol. The van der Waals surface area contributed by atoms with E-state index in [2.05, 4.69) is 0 Å². The Bertz CT molecular complexity index is 1020. The van der Waals surface area contributed by atoms with Crippen molar-refractivity contribution in [2.24, 2.45) is 5.92 Å². The van der Waals surface area contributed by atoms with E-state index in [-0.39, 0.29) is 25.0 Å². The summed E-state index contributed by atoms with van der Waals surface area (Å²) in [6.45, 7) is 0.0990. The van der Waals surface area contributed by atoms with Gasteiger partial charge in [-0.1, -0.05) is 0 Å². The first-order valence-electron chi connectivity index (χ1n) is 11.0. The molecule has 5 rings (SSSR count).